The van der Waals surface area contributed by atoms with Crippen LogP contribution in [0.3, 0.4) is 0 Å². The molecule has 120 valence electrons. The van der Waals surface area contributed by atoms with Crippen molar-refractivity contribution in [3.8, 4) is 0 Å². The summed E-state index contributed by atoms with van der Waals surface area (Å²) in [5.74, 6) is -0.819. The summed E-state index contributed by atoms with van der Waals surface area (Å²) < 4.78 is 36.8. The normalized spacial score (nSPS) is 29.5. The highest BCUT2D eigenvalue weighted by Crippen LogP contribution is 2.46. The van der Waals surface area contributed by atoms with E-state index < -0.39 is 16.6 Å². The van der Waals surface area contributed by atoms with Gasteiger partial charge in [-0.2, -0.15) is 13.2 Å². The molecule has 1 saturated carbocycles. The van der Waals surface area contributed by atoms with Crippen LogP contribution in [0.4, 0.5) is 13.2 Å². The number of piperazine rings is 1. The molecule has 0 radical (unpaired) electrons. The summed E-state index contributed by atoms with van der Waals surface area (Å²) in [7, 11) is 0. The fourth-order valence-corrected chi connectivity index (χ4v) is 3.28. The average molecular weight is 324 g/mol. The Labute approximate surface area is 125 Å². The van der Waals surface area contributed by atoms with E-state index in [1.54, 1.807) is 20.8 Å². The van der Waals surface area contributed by atoms with Gasteiger partial charge in [0.1, 0.15) is 11.1 Å². The number of thioether (sulfide) groups is 1. The van der Waals surface area contributed by atoms with Crippen LogP contribution in [0.15, 0.2) is 0 Å². The lowest BCUT2D eigenvalue weighted by Gasteiger charge is -2.49. The van der Waals surface area contributed by atoms with Gasteiger partial charge in [-0.05, 0) is 51.3 Å². The summed E-state index contributed by atoms with van der Waals surface area (Å²) >= 11 is -0.162. The monoisotopic (exact) mass is 324 g/mol. The molecule has 4 nitrogen and oxygen atoms in total. The van der Waals surface area contributed by atoms with Crippen molar-refractivity contribution in [1.29, 1.82) is 0 Å². The zero-order chi connectivity index (χ0) is 16.1. The van der Waals surface area contributed by atoms with Gasteiger partial charge >= 0.3 is 5.51 Å². The van der Waals surface area contributed by atoms with E-state index in [1.165, 1.54) is 4.90 Å². The van der Waals surface area contributed by atoms with Gasteiger partial charge in [0.15, 0.2) is 0 Å². The Morgan fingerprint density at radius 1 is 1.29 bits per heavy atom. The highest BCUT2D eigenvalue weighted by atomic mass is 32.2. The van der Waals surface area contributed by atoms with Crippen LogP contribution < -0.4 is 5.32 Å². The quantitative estimate of drug-likeness (QED) is 0.862. The summed E-state index contributed by atoms with van der Waals surface area (Å²) in [4.78, 5) is 26.3. The number of hydrogen-bond donors (Lipinski definition) is 1. The first kappa shape index (κ1) is 16.5. The first-order chi connectivity index (χ1) is 9.48. The van der Waals surface area contributed by atoms with Crippen molar-refractivity contribution in [2.45, 2.75) is 50.2 Å². The van der Waals surface area contributed by atoms with Gasteiger partial charge in [-0.1, -0.05) is 0 Å². The fourth-order valence-electron chi connectivity index (χ4n) is 2.77. The number of hydrogen-bond acceptors (Lipinski definition) is 3. The number of halogens is 3. The number of rotatable bonds is 4. The number of carbonyl (C=O) groups excluding carboxylic acids is 2. The maximum Gasteiger partial charge on any atom is 0.441 e. The van der Waals surface area contributed by atoms with Crippen LogP contribution in [-0.2, 0) is 9.59 Å². The number of nitrogens with zero attached hydrogens (tertiary/aromatic N) is 1. The maximum absolute atomic E-state index is 12.5. The molecule has 1 heterocycles. The van der Waals surface area contributed by atoms with Gasteiger partial charge in [-0.25, -0.2) is 0 Å². The van der Waals surface area contributed by atoms with E-state index in [0.29, 0.717) is 0 Å². The summed E-state index contributed by atoms with van der Waals surface area (Å²) in [6, 6.07) is 0. The lowest BCUT2D eigenvalue weighted by molar-refractivity contribution is -0.161. The SMILES string of the molecule is CC1(C)NC(=O)C(C)(C2CC2)N(CCSC(F)(F)F)C1=O. The molecule has 2 aliphatic rings. The Bertz CT molecular complexity index is 463. The van der Waals surface area contributed by atoms with Gasteiger partial charge in [0.2, 0.25) is 11.8 Å². The molecule has 0 aromatic carbocycles. The standard InChI is InChI=1S/C13H19F3N2O2S/c1-11(2)10(20)18(6-7-21-13(14,15)16)12(3,8-4-5-8)9(19)17-11/h8H,4-7H2,1-3H3,(H,17,19). The molecule has 1 saturated heterocycles. The number of amides is 2. The van der Waals surface area contributed by atoms with Crippen LogP contribution in [0, 0.1) is 5.92 Å². The third-order valence-electron chi connectivity index (χ3n) is 4.18. The van der Waals surface area contributed by atoms with E-state index in [4.69, 9.17) is 0 Å². The van der Waals surface area contributed by atoms with Gasteiger partial charge in [0.25, 0.3) is 0 Å². The molecule has 1 aliphatic carbocycles. The Kier molecular flexibility index (Phi) is 3.97. The lowest BCUT2D eigenvalue weighted by Crippen LogP contribution is -2.74. The topological polar surface area (TPSA) is 49.4 Å². The maximum atomic E-state index is 12.5. The number of alkyl halides is 3. The smallest absolute Gasteiger partial charge is 0.340 e. The second-order valence-electron chi connectivity index (χ2n) is 6.25. The molecule has 0 aromatic heterocycles. The third kappa shape index (κ3) is 3.14. The highest BCUT2D eigenvalue weighted by Gasteiger charge is 2.58. The summed E-state index contributed by atoms with van der Waals surface area (Å²) in [6.45, 7) is 4.73. The van der Waals surface area contributed by atoms with Crippen molar-refractivity contribution < 1.29 is 22.8 Å². The van der Waals surface area contributed by atoms with Crippen LogP contribution in [-0.4, -0.2) is 45.6 Å². The van der Waals surface area contributed by atoms with Gasteiger partial charge in [-0.3, -0.25) is 9.59 Å². The molecule has 8 heteroatoms. The summed E-state index contributed by atoms with van der Waals surface area (Å²) in [5, 5.41) is 2.69. The number of nitrogens with one attached hydrogen (secondary N) is 1. The molecule has 1 N–H and O–H groups in total. The molecular formula is C13H19F3N2O2S. The minimum absolute atomic E-state index is 0.0356. The van der Waals surface area contributed by atoms with Crippen LogP contribution in [0.5, 0.6) is 0 Å². The molecule has 1 aliphatic heterocycles. The van der Waals surface area contributed by atoms with Crippen LogP contribution in [0.25, 0.3) is 0 Å². The van der Waals surface area contributed by atoms with Crippen molar-refractivity contribution in [2.24, 2.45) is 5.92 Å². The Hall–Kier alpha value is -0.920. The molecule has 2 rings (SSSR count). The molecule has 0 aromatic rings. The van der Waals surface area contributed by atoms with Crippen LogP contribution in [0.1, 0.15) is 33.6 Å². The van der Waals surface area contributed by atoms with E-state index in [2.05, 4.69) is 5.32 Å². The van der Waals surface area contributed by atoms with Gasteiger partial charge < -0.3 is 10.2 Å². The Morgan fingerprint density at radius 2 is 1.86 bits per heavy atom. The minimum Gasteiger partial charge on any atom is -0.340 e. The Morgan fingerprint density at radius 3 is 2.33 bits per heavy atom. The first-order valence-corrected chi connectivity index (χ1v) is 7.82. The van der Waals surface area contributed by atoms with E-state index in [-0.39, 0.29) is 41.8 Å². The van der Waals surface area contributed by atoms with Crippen LogP contribution in [0.2, 0.25) is 0 Å². The molecule has 21 heavy (non-hydrogen) atoms. The van der Waals surface area contributed by atoms with E-state index in [9.17, 15) is 22.8 Å². The van der Waals surface area contributed by atoms with Crippen molar-refractivity contribution in [3.63, 3.8) is 0 Å². The molecule has 2 fully saturated rings. The van der Waals surface area contributed by atoms with E-state index in [1.807, 2.05) is 0 Å². The van der Waals surface area contributed by atoms with Crippen molar-refractivity contribution in [3.05, 3.63) is 0 Å². The fraction of sp³-hybridized carbons (Fsp3) is 0.846. The molecule has 1 unspecified atom stereocenters. The highest BCUT2D eigenvalue weighted by molar-refractivity contribution is 8.00. The van der Waals surface area contributed by atoms with Gasteiger partial charge in [0, 0.05) is 12.3 Å². The minimum atomic E-state index is -4.33. The summed E-state index contributed by atoms with van der Waals surface area (Å²) in [5.41, 5.74) is -6.43. The lowest BCUT2D eigenvalue weighted by atomic mass is 9.84. The predicted octanol–water partition coefficient (Wildman–Crippen LogP) is 2.15. The zero-order valence-corrected chi connectivity index (χ0v) is 13.0. The average Bonchev–Trinajstić information content (AvgIpc) is 3.13. The van der Waals surface area contributed by atoms with E-state index in [0.717, 1.165) is 12.8 Å². The number of carbonyl (C=O) groups is 2. The van der Waals surface area contributed by atoms with Gasteiger partial charge in [-0.15, -0.1) is 0 Å². The second-order valence-corrected chi connectivity index (χ2v) is 7.41. The molecule has 0 bridgehead atoms. The molecule has 0 spiro atoms. The molecular weight excluding hydrogens is 305 g/mol. The molecule has 1 atom stereocenters. The second kappa shape index (κ2) is 5.07. The Balaban J connectivity index is 2.18. The van der Waals surface area contributed by atoms with Gasteiger partial charge in [0.05, 0.1) is 0 Å². The van der Waals surface area contributed by atoms with E-state index >= 15 is 0 Å². The summed E-state index contributed by atoms with van der Waals surface area (Å²) in [6.07, 6.45) is 1.64. The predicted molar refractivity (Wildman–Crippen MR) is 73.6 cm³/mol. The zero-order valence-electron chi connectivity index (χ0n) is 12.2. The first-order valence-electron chi connectivity index (χ1n) is 6.84. The van der Waals surface area contributed by atoms with Crippen LogP contribution >= 0.6 is 11.8 Å². The largest absolute Gasteiger partial charge is 0.441 e. The van der Waals surface area contributed by atoms with Crippen molar-refractivity contribution in [2.75, 3.05) is 12.3 Å². The molecule has 2 amide bonds. The van der Waals surface area contributed by atoms with Crippen molar-refractivity contribution >= 4 is 23.6 Å². The van der Waals surface area contributed by atoms with Crippen molar-refractivity contribution in [1.82, 2.24) is 10.2 Å². The third-order valence-corrected chi connectivity index (χ3v) is 4.89.